The second kappa shape index (κ2) is 9.16. The van der Waals surface area contributed by atoms with Crippen LogP contribution in [0, 0.1) is 18.6 Å². The van der Waals surface area contributed by atoms with E-state index in [1.54, 1.807) is 42.6 Å². The van der Waals surface area contributed by atoms with E-state index in [1.807, 2.05) is 6.92 Å². The summed E-state index contributed by atoms with van der Waals surface area (Å²) in [5.74, 6) is -2.89. The summed E-state index contributed by atoms with van der Waals surface area (Å²) < 4.78 is 71.1. The Morgan fingerprint density at radius 3 is 2.38 bits per heavy atom. The summed E-state index contributed by atoms with van der Waals surface area (Å²) in [6.45, 7) is 1.85. The molecule has 0 fully saturated rings. The van der Waals surface area contributed by atoms with E-state index in [9.17, 15) is 26.7 Å². The fourth-order valence-electron chi connectivity index (χ4n) is 4.12. The lowest BCUT2D eigenvalue weighted by atomic mass is 9.98. The normalized spacial score (nSPS) is 11.6. The molecule has 1 amide bonds. The topological polar surface area (TPSA) is 46.4 Å². The number of amides is 1. The van der Waals surface area contributed by atoms with Gasteiger partial charge in [0.15, 0.2) is 11.6 Å². The molecule has 0 unspecified atom stereocenters. The van der Waals surface area contributed by atoms with Gasteiger partial charge in [0.05, 0.1) is 28.4 Å². The average molecular weight is 507 g/mol. The fraction of sp³-hybridized carbons (Fsp3) is 0.0714. The van der Waals surface area contributed by atoms with Crippen LogP contribution < -0.4 is 5.32 Å². The van der Waals surface area contributed by atoms with Crippen molar-refractivity contribution in [3.05, 3.63) is 114 Å². The Morgan fingerprint density at radius 2 is 1.65 bits per heavy atom. The van der Waals surface area contributed by atoms with E-state index < -0.39 is 34.8 Å². The van der Waals surface area contributed by atoms with Gasteiger partial charge in [-0.15, -0.1) is 0 Å². The van der Waals surface area contributed by atoms with Gasteiger partial charge in [-0.25, -0.2) is 13.8 Å². The van der Waals surface area contributed by atoms with E-state index in [0.29, 0.717) is 22.3 Å². The first-order valence-electron chi connectivity index (χ1n) is 11.1. The zero-order chi connectivity index (χ0) is 26.3. The van der Waals surface area contributed by atoms with Crippen molar-refractivity contribution >= 4 is 17.1 Å². The molecule has 9 heteroatoms. The Labute approximate surface area is 208 Å². The maximum atomic E-state index is 14.4. The zero-order valence-electron chi connectivity index (χ0n) is 19.3. The lowest BCUT2D eigenvalue weighted by Crippen LogP contribution is -2.19. The van der Waals surface area contributed by atoms with E-state index >= 15 is 0 Å². The number of pyridine rings is 1. The number of aryl methyl sites for hydroxylation is 1. The SMILES string of the molecule is Cc1ccc(NC(=O)c2cc(-c3cccn4c(-c5cccc(F)c5F)ncc34)ccc2C(F)(F)F)cc1. The number of carbonyl (C=O) groups is 1. The van der Waals surface area contributed by atoms with Crippen molar-refractivity contribution in [2.24, 2.45) is 0 Å². The van der Waals surface area contributed by atoms with Crippen LogP contribution in [0.5, 0.6) is 0 Å². The molecule has 0 saturated carbocycles. The van der Waals surface area contributed by atoms with Crippen LogP contribution in [0.15, 0.2) is 85.2 Å². The minimum Gasteiger partial charge on any atom is -0.322 e. The maximum absolute atomic E-state index is 14.4. The van der Waals surface area contributed by atoms with Crippen molar-refractivity contribution in [2.75, 3.05) is 5.32 Å². The third-order valence-electron chi connectivity index (χ3n) is 5.95. The summed E-state index contributed by atoms with van der Waals surface area (Å²) in [7, 11) is 0. The van der Waals surface area contributed by atoms with Crippen LogP contribution in [-0.2, 0) is 6.18 Å². The molecule has 37 heavy (non-hydrogen) atoms. The standard InChI is InChI=1S/C28H18F5N3O/c1-16-7-10-18(11-8-16)35-27(37)21-14-17(9-12-22(21)28(31,32)33)19-5-3-13-36-24(19)15-34-26(36)20-4-2-6-23(29)25(20)30/h2-15H,1H3,(H,35,37). The van der Waals surface area contributed by atoms with Gasteiger partial charge in [-0.2, -0.15) is 13.2 Å². The molecule has 0 atom stereocenters. The molecule has 0 spiro atoms. The van der Waals surface area contributed by atoms with Crippen molar-refractivity contribution in [1.29, 1.82) is 0 Å². The first kappa shape index (κ1) is 24.2. The first-order chi connectivity index (χ1) is 17.6. The molecule has 5 rings (SSSR count). The van der Waals surface area contributed by atoms with Crippen LogP contribution in [0.2, 0.25) is 0 Å². The van der Waals surface area contributed by atoms with E-state index in [2.05, 4.69) is 10.3 Å². The van der Waals surface area contributed by atoms with Crippen molar-refractivity contribution < 1.29 is 26.7 Å². The number of imidazole rings is 1. The van der Waals surface area contributed by atoms with Gasteiger partial charge in [-0.05, 0) is 55.0 Å². The Balaban J connectivity index is 1.61. The molecular formula is C28H18F5N3O. The van der Waals surface area contributed by atoms with Crippen molar-refractivity contribution in [1.82, 2.24) is 9.38 Å². The quantitative estimate of drug-likeness (QED) is 0.256. The third kappa shape index (κ3) is 4.55. The summed E-state index contributed by atoms with van der Waals surface area (Å²) in [4.78, 5) is 17.2. The number of benzene rings is 3. The molecule has 2 heterocycles. The number of hydrogen-bond donors (Lipinski definition) is 1. The number of aromatic nitrogens is 2. The molecule has 0 saturated heterocycles. The smallest absolute Gasteiger partial charge is 0.322 e. The molecule has 0 radical (unpaired) electrons. The minimum absolute atomic E-state index is 0.0669. The predicted molar refractivity (Wildman–Crippen MR) is 130 cm³/mol. The third-order valence-corrected chi connectivity index (χ3v) is 5.95. The van der Waals surface area contributed by atoms with Crippen LogP contribution in [0.3, 0.4) is 0 Å². The summed E-state index contributed by atoms with van der Waals surface area (Å²) in [6, 6.07) is 16.9. The zero-order valence-corrected chi connectivity index (χ0v) is 19.3. The van der Waals surface area contributed by atoms with Gasteiger partial charge >= 0.3 is 6.18 Å². The van der Waals surface area contributed by atoms with Gasteiger partial charge in [0, 0.05) is 17.4 Å². The highest BCUT2D eigenvalue weighted by atomic mass is 19.4. The monoisotopic (exact) mass is 507 g/mol. The van der Waals surface area contributed by atoms with Gasteiger partial charge in [0.2, 0.25) is 0 Å². The summed E-state index contributed by atoms with van der Waals surface area (Å²) in [5, 5.41) is 2.52. The molecule has 5 aromatic rings. The van der Waals surface area contributed by atoms with E-state index in [-0.39, 0.29) is 11.4 Å². The molecule has 0 aliphatic heterocycles. The molecule has 1 N–H and O–H groups in total. The lowest BCUT2D eigenvalue weighted by molar-refractivity contribution is -0.137. The molecule has 0 aliphatic carbocycles. The number of hydrogen-bond acceptors (Lipinski definition) is 2. The number of halogens is 5. The first-order valence-corrected chi connectivity index (χ1v) is 11.1. The van der Waals surface area contributed by atoms with Crippen molar-refractivity contribution in [3.8, 4) is 22.5 Å². The molecule has 4 nitrogen and oxygen atoms in total. The van der Waals surface area contributed by atoms with Crippen molar-refractivity contribution in [2.45, 2.75) is 13.1 Å². The largest absolute Gasteiger partial charge is 0.417 e. The number of nitrogens with zero attached hydrogens (tertiary/aromatic N) is 2. The summed E-state index contributed by atoms with van der Waals surface area (Å²) >= 11 is 0. The Bertz CT molecular complexity index is 1640. The van der Waals surface area contributed by atoms with Gasteiger partial charge in [0.1, 0.15) is 5.82 Å². The number of anilines is 1. The highest BCUT2D eigenvalue weighted by Crippen LogP contribution is 2.36. The van der Waals surface area contributed by atoms with E-state index in [0.717, 1.165) is 23.8 Å². The second-order valence-electron chi connectivity index (χ2n) is 8.44. The second-order valence-corrected chi connectivity index (χ2v) is 8.44. The van der Waals surface area contributed by atoms with Gasteiger partial charge in [-0.1, -0.05) is 35.9 Å². The summed E-state index contributed by atoms with van der Waals surface area (Å²) in [5.41, 5.74) is 0.798. The molecule has 186 valence electrons. The number of carbonyl (C=O) groups excluding carboxylic acids is 1. The molecule has 0 bridgehead atoms. The van der Waals surface area contributed by atoms with Crippen LogP contribution in [0.4, 0.5) is 27.6 Å². The maximum Gasteiger partial charge on any atom is 0.417 e. The average Bonchev–Trinajstić information content (AvgIpc) is 3.30. The fourth-order valence-corrected chi connectivity index (χ4v) is 4.12. The van der Waals surface area contributed by atoms with Gasteiger partial charge in [0.25, 0.3) is 5.91 Å². The molecule has 2 aromatic heterocycles. The van der Waals surface area contributed by atoms with Crippen LogP contribution >= 0.6 is 0 Å². The molecule has 3 aromatic carbocycles. The lowest BCUT2D eigenvalue weighted by Gasteiger charge is -2.15. The highest BCUT2D eigenvalue weighted by Gasteiger charge is 2.35. The number of nitrogens with one attached hydrogen (secondary N) is 1. The molecule has 0 aliphatic rings. The minimum atomic E-state index is -4.76. The van der Waals surface area contributed by atoms with Crippen LogP contribution in [0.25, 0.3) is 28.0 Å². The Hall–Kier alpha value is -4.53. The Morgan fingerprint density at radius 1 is 0.919 bits per heavy atom. The van der Waals surface area contributed by atoms with E-state index in [1.165, 1.54) is 28.8 Å². The van der Waals surface area contributed by atoms with Crippen LogP contribution in [-0.4, -0.2) is 15.3 Å². The van der Waals surface area contributed by atoms with Crippen molar-refractivity contribution in [3.63, 3.8) is 0 Å². The summed E-state index contributed by atoms with van der Waals surface area (Å²) in [6.07, 6.45) is -1.76. The van der Waals surface area contributed by atoms with Gasteiger partial charge in [-0.3, -0.25) is 9.20 Å². The van der Waals surface area contributed by atoms with Gasteiger partial charge < -0.3 is 5.32 Å². The molecular weight excluding hydrogens is 489 g/mol. The number of rotatable bonds is 4. The number of fused-ring (bicyclic) bond motifs is 1. The van der Waals surface area contributed by atoms with E-state index in [4.69, 9.17) is 0 Å². The Kier molecular flexibility index (Phi) is 5.99. The highest BCUT2D eigenvalue weighted by molar-refractivity contribution is 6.06. The number of alkyl halides is 3. The van der Waals surface area contributed by atoms with Crippen LogP contribution in [0.1, 0.15) is 21.5 Å². The predicted octanol–water partition coefficient (Wildman–Crippen LogP) is 7.53.